The first-order chi connectivity index (χ1) is 18.6. The lowest BCUT2D eigenvalue weighted by Crippen LogP contribution is -2.57. The Bertz CT molecular complexity index is 1470. The van der Waals surface area contributed by atoms with E-state index < -0.39 is 10.0 Å². The van der Waals surface area contributed by atoms with Gasteiger partial charge in [0.1, 0.15) is 0 Å². The molecule has 2 unspecified atom stereocenters. The van der Waals surface area contributed by atoms with Gasteiger partial charge >= 0.3 is 6.03 Å². The van der Waals surface area contributed by atoms with Gasteiger partial charge in [0, 0.05) is 24.1 Å². The van der Waals surface area contributed by atoms with Crippen molar-refractivity contribution in [3.8, 4) is 0 Å². The summed E-state index contributed by atoms with van der Waals surface area (Å²) in [4.78, 5) is 21.0. The van der Waals surface area contributed by atoms with Gasteiger partial charge in [0.15, 0.2) is 0 Å². The molecule has 204 valence electrons. The van der Waals surface area contributed by atoms with Gasteiger partial charge in [0.2, 0.25) is 5.95 Å². The fraction of sp³-hybridized carbons (Fsp3) is 0.433. The van der Waals surface area contributed by atoms with Crippen molar-refractivity contribution in [2.24, 2.45) is 17.3 Å². The first-order valence-electron chi connectivity index (χ1n) is 13.7. The largest absolute Gasteiger partial charge is 0.337 e. The lowest BCUT2D eigenvalue weighted by Gasteiger charge is -2.62. The van der Waals surface area contributed by atoms with Crippen molar-refractivity contribution in [3.05, 3.63) is 77.6 Å². The Labute approximate surface area is 230 Å². The fourth-order valence-electron chi connectivity index (χ4n) is 7.74. The highest BCUT2D eigenvalue weighted by atomic mass is 32.2. The molecule has 4 aliphatic rings. The molecule has 4 saturated carbocycles. The zero-order valence-electron chi connectivity index (χ0n) is 22.4. The summed E-state index contributed by atoms with van der Waals surface area (Å²) in [5, 5.41) is 6.02. The predicted molar refractivity (Wildman–Crippen MR) is 151 cm³/mol. The number of hydrogen-bond acceptors (Lipinski definition) is 5. The Morgan fingerprint density at radius 1 is 0.949 bits per heavy atom. The third-order valence-corrected chi connectivity index (χ3v) is 10.3. The summed E-state index contributed by atoms with van der Waals surface area (Å²) >= 11 is 0. The molecule has 0 saturated heterocycles. The summed E-state index contributed by atoms with van der Waals surface area (Å²) in [6, 6.07) is 16.6. The minimum Gasteiger partial charge on any atom is -0.337 e. The highest BCUT2D eigenvalue weighted by Crippen LogP contribution is 2.65. The van der Waals surface area contributed by atoms with Crippen LogP contribution in [-0.4, -0.2) is 31.0 Å². The zero-order chi connectivity index (χ0) is 27.3. The second-order valence-electron chi connectivity index (χ2n) is 12.1. The van der Waals surface area contributed by atoms with E-state index >= 15 is 0 Å². The molecule has 0 radical (unpaired) electrons. The molecule has 9 heteroatoms. The highest BCUT2D eigenvalue weighted by Gasteiger charge is 2.58. The van der Waals surface area contributed by atoms with Crippen molar-refractivity contribution in [3.63, 3.8) is 0 Å². The number of rotatable bonds is 7. The maximum absolute atomic E-state index is 12.9. The average molecular weight is 546 g/mol. The van der Waals surface area contributed by atoms with Crippen molar-refractivity contribution >= 4 is 27.7 Å². The Morgan fingerprint density at radius 3 is 2.31 bits per heavy atom. The van der Waals surface area contributed by atoms with Gasteiger partial charge in [-0.3, -0.25) is 0 Å². The Balaban J connectivity index is 1.09. The lowest BCUT2D eigenvalue weighted by molar-refractivity contribution is -0.0692. The standard InChI is InChI=1S/C30H35N5O3S/c1-20-3-5-24(6-4-20)30-16-22-13-23(17-30)15-29(14-22,18-30)19-32-28(36)34-25-7-9-26(10-8-25)39(37,38)35-27-31-12-11-21(2)33-27/h3-12,22-23H,13-19H2,1-2H3,(H,31,33,35)(H2,32,34,36). The molecule has 8 nitrogen and oxygen atoms in total. The molecule has 4 aliphatic carbocycles. The van der Waals surface area contributed by atoms with Crippen LogP contribution in [-0.2, 0) is 15.4 Å². The molecular formula is C30H35N5O3S. The zero-order valence-corrected chi connectivity index (χ0v) is 23.2. The number of sulfonamides is 1. The average Bonchev–Trinajstić information content (AvgIpc) is 2.87. The van der Waals surface area contributed by atoms with E-state index in [1.54, 1.807) is 25.1 Å². The van der Waals surface area contributed by atoms with Gasteiger partial charge in [-0.1, -0.05) is 29.8 Å². The van der Waals surface area contributed by atoms with Crippen LogP contribution in [0.1, 0.15) is 55.3 Å². The molecule has 2 atom stereocenters. The van der Waals surface area contributed by atoms with E-state index in [2.05, 4.69) is 56.5 Å². The molecule has 0 aliphatic heterocycles. The number of amides is 2. The topological polar surface area (TPSA) is 113 Å². The number of hydrogen-bond donors (Lipinski definition) is 3. The first-order valence-corrected chi connectivity index (χ1v) is 15.2. The van der Waals surface area contributed by atoms with Crippen LogP contribution in [0, 0.1) is 31.1 Å². The van der Waals surface area contributed by atoms with Crippen LogP contribution in [0.3, 0.4) is 0 Å². The van der Waals surface area contributed by atoms with Crippen LogP contribution in [0.2, 0.25) is 0 Å². The van der Waals surface area contributed by atoms with Crippen molar-refractivity contribution in [2.75, 3.05) is 16.6 Å². The predicted octanol–water partition coefficient (Wildman–Crippen LogP) is 5.55. The van der Waals surface area contributed by atoms with E-state index in [0.717, 1.165) is 18.3 Å². The van der Waals surface area contributed by atoms with Gasteiger partial charge in [0.05, 0.1) is 4.90 Å². The highest BCUT2D eigenvalue weighted by molar-refractivity contribution is 7.92. The van der Waals surface area contributed by atoms with Gasteiger partial charge < -0.3 is 10.6 Å². The number of aromatic nitrogens is 2. The molecule has 3 N–H and O–H groups in total. The summed E-state index contributed by atoms with van der Waals surface area (Å²) in [6.07, 6.45) is 8.84. The molecular weight excluding hydrogens is 510 g/mol. The maximum Gasteiger partial charge on any atom is 0.319 e. The second-order valence-corrected chi connectivity index (χ2v) is 13.7. The van der Waals surface area contributed by atoms with E-state index in [1.807, 2.05) is 0 Å². The van der Waals surface area contributed by atoms with Crippen molar-refractivity contribution in [1.29, 1.82) is 0 Å². The lowest BCUT2D eigenvalue weighted by atomic mass is 9.43. The number of anilines is 2. The number of nitrogens with one attached hydrogen (secondary N) is 3. The number of nitrogens with zero attached hydrogens (tertiary/aromatic N) is 2. The van der Waals surface area contributed by atoms with Crippen molar-refractivity contribution in [1.82, 2.24) is 15.3 Å². The molecule has 7 rings (SSSR count). The number of benzene rings is 2. The van der Waals surface area contributed by atoms with E-state index in [1.165, 1.54) is 61.6 Å². The van der Waals surface area contributed by atoms with Gasteiger partial charge in [-0.25, -0.2) is 27.9 Å². The van der Waals surface area contributed by atoms with Gasteiger partial charge in [-0.15, -0.1) is 0 Å². The van der Waals surface area contributed by atoms with Gasteiger partial charge in [0.25, 0.3) is 10.0 Å². The van der Waals surface area contributed by atoms with Gasteiger partial charge in [-0.05, 0) is 111 Å². The van der Waals surface area contributed by atoms with Crippen molar-refractivity contribution < 1.29 is 13.2 Å². The summed E-state index contributed by atoms with van der Waals surface area (Å²) < 4.78 is 27.8. The normalized spacial score (nSPS) is 27.2. The van der Waals surface area contributed by atoms with E-state index in [0.29, 0.717) is 17.9 Å². The van der Waals surface area contributed by atoms with Crippen LogP contribution < -0.4 is 15.4 Å². The third kappa shape index (κ3) is 5.24. The van der Waals surface area contributed by atoms with Crippen LogP contribution in [0.4, 0.5) is 16.4 Å². The maximum atomic E-state index is 12.9. The first kappa shape index (κ1) is 25.8. The number of carbonyl (C=O) groups is 1. The van der Waals surface area contributed by atoms with Crippen LogP contribution in [0.15, 0.2) is 65.7 Å². The van der Waals surface area contributed by atoms with Crippen LogP contribution in [0.25, 0.3) is 0 Å². The number of carbonyl (C=O) groups excluding carboxylic acids is 1. The second kappa shape index (κ2) is 9.62. The third-order valence-electron chi connectivity index (χ3n) is 8.91. The van der Waals surface area contributed by atoms with Gasteiger partial charge in [-0.2, -0.15) is 0 Å². The Hall–Kier alpha value is -3.46. The molecule has 3 aromatic rings. The molecule has 2 aromatic carbocycles. The van der Waals surface area contributed by atoms with Crippen LogP contribution in [0.5, 0.6) is 0 Å². The van der Waals surface area contributed by atoms with E-state index in [4.69, 9.17) is 0 Å². The summed E-state index contributed by atoms with van der Waals surface area (Å²) in [7, 11) is -3.85. The minimum atomic E-state index is -3.85. The van der Waals surface area contributed by atoms with E-state index in [9.17, 15) is 13.2 Å². The summed E-state index contributed by atoms with van der Waals surface area (Å²) in [5.74, 6) is 1.47. The molecule has 4 bridgehead atoms. The Kier molecular flexibility index (Phi) is 6.37. The van der Waals surface area contributed by atoms with E-state index in [-0.39, 0.29) is 27.7 Å². The number of aryl methyl sites for hydroxylation is 2. The molecule has 39 heavy (non-hydrogen) atoms. The summed E-state index contributed by atoms with van der Waals surface area (Å²) in [6.45, 7) is 4.56. The molecule has 1 aromatic heterocycles. The number of urea groups is 1. The van der Waals surface area contributed by atoms with Crippen molar-refractivity contribution in [2.45, 2.75) is 62.7 Å². The summed E-state index contributed by atoms with van der Waals surface area (Å²) in [5.41, 5.74) is 4.31. The molecule has 0 spiro atoms. The smallest absolute Gasteiger partial charge is 0.319 e. The fourth-order valence-corrected chi connectivity index (χ4v) is 8.69. The minimum absolute atomic E-state index is 0.0189. The SMILES string of the molecule is Cc1ccc(C23CC4CC(CC(CNC(=O)Nc5ccc(S(=O)(=O)Nc6nccc(C)n6)cc5)(C4)C2)C3)cc1. The molecule has 4 fully saturated rings. The molecule has 2 amide bonds. The Morgan fingerprint density at radius 2 is 1.64 bits per heavy atom. The molecule has 1 heterocycles. The monoisotopic (exact) mass is 545 g/mol. The van der Waals surface area contributed by atoms with Crippen LogP contribution >= 0.6 is 0 Å². The quantitative estimate of drug-likeness (QED) is 0.360.